The molecule has 0 aliphatic heterocycles. The Morgan fingerprint density at radius 3 is 2.85 bits per heavy atom. The molecule has 4 nitrogen and oxygen atoms in total. The fraction of sp³-hybridized carbons (Fsp3) is 0.667. The molecule has 0 aromatic carbocycles. The molecule has 1 heterocycles. The predicted octanol–water partition coefficient (Wildman–Crippen LogP) is 2.14. The molecule has 0 saturated carbocycles. The molecule has 2 rings (SSSR count). The van der Waals surface area contributed by atoms with Crippen LogP contribution in [0.4, 0.5) is 0 Å². The molecule has 1 aromatic rings. The Balaban J connectivity index is 2.04. The summed E-state index contributed by atoms with van der Waals surface area (Å²) in [5.74, 6) is -0.0992. The van der Waals surface area contributed by atoms with Gasteiger partial charge in [-0.05, 0) is 37.3 Å². The number of carbonyl (C=O) groups is 1. The van der Waals surface area contributed by atoms with Gasteiger partial charge in [-0.15, -0.1) is 11.3 Å². The van der Waals surface area contributed by atoms with E-state index in [1.54, 1.807) is 18.4 Å². The summed E-state index contributed by atoms with van der Waals surface area (Å²) in [5.41, 5.74) is 1.34. The molecule has 1 aromatic heterocycles. The van der Waals surface area contributed by atoms with E-state index in [-0.39, 0.29) is 18.6 Å². The first-order valence-corrected chi connectivity index (χ1v) is 8.08. The summed E-state index contributed by atoms with van der Waals surface area (Å²) in [5, 5.41) is 12.0. The Kier molecular flexibility index (Phi) is 6.01. The minimum atomic E-state index is -0.336. The number of carbonyl (C=O) groups excluding carboxylic acids is 1. The van der Waals surface area contributed by atoms with Crippen molar-refractivity contribution in [1.29, 1.82) is 0 Å². The molecule has 20 heavy (non-hydrogen) atoms. The van der Waals surface area contributed by atoms with Crippen LogP contribution in [0.15, 0.2) is 6.07 Å². The van der Waals surface area contributed by atoms with Crippen LogP contribution in [0.25, 0.3) is 0 Å². The number of hydrogen-bond donors (Lipinski definition) is 2. The van der Waals surface area contributed by atoms with E-state index in [1.807, 2.05) is 6.07 Å². The molecule has 1 aliphatic rings. The monoisotopic (exact) mass is 297 g/mol. The van der Waals surface area contributed by atoms with Crippen LogP contribution in [-0.4, -0.2) is 37.4 Å². The lowest BCUT2D eigenvalue weighted by atomic mass is 10.00. The molecule has 0 saturated heterocycles. The molecule has 1 aliphatic carbocycles. The zero-order valence-electron chi connectivity index (χ0n) is 12.0. The second kappa shape index (κ2) is 7.76. The van der Waals surface area contributed by atoms with Crippen LogP contribution < -0.4 is 5.32 Å². The number of aliphatic hydroxyl groups excluding tert-OH is 1. The van der Waals surface area contributed by atoms with Crippen molar-refractivity contribution in [3.63, 3.8) is 0 Å². The lowest BCUT2D eigenvalue weighted by Crippen LogP contribution is -2.40. The Morgan fingerprint density at radius 2 is 2.15 bits per heavy atom. The van der Waals surface area contributed by atoms with Crippen LogP contribution in [-0.2, 0) is 17.6 Å². The number of aryl methyl sites for hydroxylation is 2. The van der Waals surface area contributed by atoms with Crippen LogP contribution in [0.5, 0.6) is 0 Å². The zero-order chi connectivity index (χ0) is 14.4. The smallest absolute Gasteiger partial charge is 0.261 e. The van der Waals surface area contributed by atoms with Gasteiger partial charge < -0.3 is 15.2 Å². The van der Waals surface area contributed by atoms with E-state index < -0.39 is 0 Å². The zero-order valence-corrected chi connectivity index (χ0v) is 12.8. The van der Waals surface area contributed by atoms with Crippen molar-refractivity contribution in [3.05, 3.63) is 21.4 Å². The highest BCUT2D eigenvalue weighted by Crippen LogP contribution is 2.28. The van der Waals surface area contributed by atoms with Crippen LogP contribution >= 0.6 is 11.3 Å². The summed E-state index contributed by atoms with van der Waals surface area (Å²) in [6, 6.07) is 1.69. The van der Waals surface area contributed by atoms with Crippen molar-refractivity contribution in [3.8, 4) is 0 Å². The fourth-order valence-corrected chi connectivity index (χ4v) is 3.71. The number of rotatable bonds is 5. The molecule has 0 radical (unpaired) electrons. The lowest BCUT2D eigenvalue weighted by molar-refractivity contribution is 0.0843. The maximum absolute atomic E-state index is 12.2. The number of aliphatic hydroxyl groups is 1. The first-order chi connectivity index (χ1) is 9.74. The highest BCUT2D eigenvalue weighted by molar-refractivity contribution is 7.14. The van der Waals surface area contributed by atoms with Crippen LogP contribution in [0, 0.1) is 0 Å². The Bertz CT molecular complexity index is 419. The average Bonchev–Trinajstić information content (AvgIpc) is 2.80. The van der Waals surface area contributed by atoms with Crippen molar-refractivity contribution in [2.75, 3.05) is 20.3 Å². The van der Waals surface area contributed by atoms with E-state index in [2.05, 4.69) is 5.32 Å². The number of ether oxygens (including phenoxy) is 1. The topological polar surface area (TPSA) is 58.6 Å². The first kappa shape index (κ1) is 15.5. The van der Waals surface area contributed by atoms with Gasteiger partial charge in [0.2, 0.25) is 0 Å². The average molecular weight is 297 g/mol. The van der Waals surface area contributed by atoms with Crippen molar-refractivity contribution >= 4 is 17.2 Å². The van der Waals surface area contributed by atoms with E-state index in [1.165, 1.54) is 36.1 Å². The van der Waals surface area contributed by atoms with E-state index in [0.717, 1.165) is 17.7 Å². The fourth-order valence-electron chi connectivity index (χ4n) is 2.55. The molecular weight excluding hydrogens is 274 g/mol. The van der Waals surface area contributed by atoms with Gasteiger partial charge in [0, 0.05) is 12.0 Å². The molecule has 0 bridgehead atoms. The maximum Gasteiger partial charge on any atom is 0.261 e. The van der Waals surface area contributed by atoms with Gasteiger partial charge >= 0.3 is 0 Å². The van der Waals surface area contributed by atoms with E-state index in [0.29, 0.717) is 6.61 Å². The third-order valence-corrected chi connectivity index (χ3v) is 4.88. The van der Waals surface area contributed by atoms with Crippen molar-refractivity contribution < 1.29 is 14.6 Å². The highest BCUT2D eigenvalue weighted by Gasteiger charge is 2.18. The Labute approximate surface area is 124 Å². The predicted molar refractivity (Wildman–Crippen MR) is 80.4 cm³/mol. The Hall–Kier alpha value is -0.910. The van der Waals surface area contributed by atoms with Gasteiger partial charge in [0.1, 0.15) is 0 Å². The van der Waals surface area contributed by atoms with Gasteiger partial charge in [0.05, 0.1) is 24.1 Å². The minimum Gasteiger partial charge on any atom is -0.394 e. The van der Waals surface area contributed by atoms with E-state index in [4.69, 9.17) is 4.74 Å². The SMILES string of the molecule is COCC(CO)NC(=O)c1cc2c(s1)CCCCCC2. The van der Waals surface area contributed by atoms with Crippen LogP contribution in [0.2, 0.25) is 0 Å². The van der Waals surface area contributed by atoms with Crippen molar-refractivity contribution in [1.82, 2.24) is 5.32 Å². The van der Waals surface area contributed by atoms with Crippen LogP contribution in [0.3, 0.4) is 0 Å². The second-order valence-electron chi connectivity index (χ2n) is 5.28. The summed E-state index contributed by atoms with van der Waals surface area (Å²) < 4.78 is 4.97. The molecular formula is C15H23NO3S. The molecule has 1 amide bonds. The second-order valence-corrected chi connectivity index (χ2v) is 6.42. The van der Waals surface area contributed by atoms with Crippen molar-refractivity contribution in [2.24, 2.45) is 0 Å². The third kappa shape index (κ3) is 4.04. The molecule has 2 N–H and O–H groups in total. The van der Waals surface area contributed by atoms with Gasteiger partial charge in [-0.3, -0.25) is 4.79 Å². The quantitative estimate of drug-likeness (QED) is 0.875. The Morgan fingerprint density at radius 1 is 1.40 bits per heavy atom. The molecule has 0 spiro atoms. The van der Waals surface area contributed by atoms with E-state index >= 15 is 0 Å². The molecule has 1 atom stereocenters. The number of nitrogens with one attached hydrogen (secondary N) is 1. The standard InChI is InChI=1S/C15H23NO3S/c1-19-10-12(9-17)16-15(18)14-8-11-6-4-2-3-5-7-13(11)20-14/h8,12,17H,2-7,9-10H2,1H3,(H,16,18). The summed E-state index contributed by atoms with van der Waals surface area (Å²) >= 11 is 1.60. The number of fused-ring (bicyclic) bond motifs is 1. The number of thiophene rings is 1. The van der Waals surface area contributed by atoms with Gasteiger partial charge in [-0.1, -0.05) is 12.8 Å². The highest BCUT2D eigenvalue weighted by atomic mass is 32.1. The van der Waals surface area contributed by atoms with Crippen molar-refractivity contribution in [2.45, 2.75) is 44.6 Å². The van der Waals surface area contributed by atoms with Gasteiger partial charge in [0.25, 0.3) is 5.91 Å². The number of hydrogen-bond acceptors (Lipinski definition) is 4. The summed E-state index contributed by atoms with van der Waals surface area (Å²) in [7, 11) is 1.56. The largest absolute Gasteiger partial charge is 0.394 e. The van der Waals surface area contributed by atoms with Gasteiger partial charge in [-0.25, -0.2) is 0 Å². The summed E-state index contributed by atoms with van der Waals surface area (Å²) in [6.45, 7) is 0.220. The van der Waals surface area contributed by atoms with Crippen LogP contribution in [0.1, 0.15) is 45.8 Å². The molecule has 112 valence electrons. The first-order valence-electron chi connectivity index (χ1n) is 7.27. The maximum atomic E-state index is 12.2. The minimum absolute atomic E-state index is 0.0992. The summed E-state index contributed by atoms with van der Waals surface area (Å²) in [4.78, 5) is 14.3. The number of methoxy groups -OCH3 is 1. The summed E-state index contributed by atoms with van der Waals surface area (Å²) in [6.07, 6.45) is 7.19. The lowest BCUT2D eigenvalue weighted by Gasteiger charge is -2.14. The van der Waals surface area contributed by atoms with E-state index in [9.17, 15) is 9.90 Å². The number of amides is 1. The molecule has 0 fully saturated rings. The van der Waals surface area contributed by atoms with Gasteiger partial charge in [0.15, 0.2) is 0 Å². The van der Waals surface area contributed by atoms with Gasteiger partial charge in [-0.2, -0.15) is 0 Å². The third-order valence-electron chi connectivity index (χ3n) is 3.64. The normalized spacial score (nSPS) is 16.9. The molecule has 1 unspecified atom stereocenters. The molecule has 5 heteroatoms.